The monoisotopic (exact) mass is 371 g/mol. The van der Waals surface area contributed by atoms with Gasteiger partial charge in [0.25, 0.3) is 0 Å². The first-order valence-corrected chi connectivity index (χ1v) is 9.65. The first-order chi connectivity index (χ1) is 12.3. The van der Waals surface area contributed by atoms with E-state index in [-0.39, 0.29) is 0 Å². The smallest absolute Gasteiger partial charge is 0.191 e. The molecule has 0 atom stereocenters. The molecule has 4 rings (SSSR count). The largest absolute Gasteiger partial charge is 0.484 e. The summed E-state index contributed by atoms with van der Waals surface area (Å²) in [5.74, 6) is 2.42. The zero-order valence-electron chi connectivity index (χ0n) is 13.6. The lowest BCUT2D eigenvalue weighted by Crippen LogP contribution is -2.07. The Morgan fingerprint density at radius 2 is 1.80 bits per heavy atom. The van der Waals surface area contributed by atoms with E-state index in [2.05, 4.69) is 39.0 Å². The molecular weight excluding hydrogens is 354 g/mol. The summed E-state index contributed by atoms with van der Waals surface area (Å²) in [6.07, 6.45) is 2.35. The van der Waals surface area contributed by atoms with E-state index in [0.717, 1.165) is 16.7 Å². The average Bonchev–Trinajstić information content (AvgIpc) is 3.40. The Hall–Kier alpha value is -1.98. The van der Waals surface area contributed by atoms with Crippen molar-refractivity contribution >= 4 is 23.4 Å². The van der Waals surface area contributed by atoms with Crippen molar-refractivity contribution in [3.8, 4) is 5.75 Å². The fourth-order valence-corrected chi connectivity index (χ4v) is 3.80. The van der Waals surface area contributed by atoms with Crippen molar-refractivity contribution in [2.45, 2.75) is 36.4 Å². The Bertz CT molecular complexity index is 849. The summed E-state index contributed by atoms with van der Waals surface area (Å²) in [6.45, 7) is 0.374. The molecule has 1 aliphatic carbocycles. The lowest BCUT2D eigenvalue weighted by molar-refractivity contribution is 0.288. The molecule has 25 heavy (non-hydrogen) atoms. The van der Waals surface area contributed by atoms with Crippen LogP contribution in [0.1, 0.15) is 30.3 Å². The highest BCUT2D eigenvalue weighted by molar-refractivity contribution is 7.98. The summed E-state index contributed by atoms with van der Waals surface area (Å²) in [4.78, 5) is 0. The molecule has 1 aromatic heterocycles. The van der Waals surface area contributed by atoms with Gasteiger partial charge in [-0.1, -0.05) is 65.8 Å². The van der Waals surface area contributed by atoms with Gasteiger partial charge in [0, 0.05) is 11.8 Å². The molecule has 3 aromatic rings. The van der Waals surface area contributed by atoms with Crippen LogP contribution in [-0.4, -0.2) is 14.8 Å². The molecule has 1 aliphatic rings. The SMILES string of the molecule is Clc1ccccc1OCc1nnc(SCc2ccccc2)n1C1CC1. The Labute approximate surface area is 156 Å². The molecule has 1 heterocycles. The van der Waals surface area contributed by atoms with Crippen molar-refractivity contribution in [2.75, 3.05) is 0 Å². The van der Waals surface area contributed by atoms with Crippen molar-refractivity contribution in [1.29, 1.82) is 0 Å². The van der Waals surface area contributed by atoms with Gasteiger partial charge in [-0.3, -0.25) is 4.57 Å². The van der Waals surface area contributed by atoms with Crippen LogP contribution in [0.25, 0.3) is 0 Å². The summed E-state index contributed by atoms with van der Waals surface area (Å²) in [7, 11) is 0. The molecular formula is C19H18ClN3OS. The first-order valence-electron chi connectivity index (χ1n) is 8.29. The lowest BCUT2D eigenvalue weighted by Gasteiger charge is -2.10. The zero-order chi connectivity index (χ0) is 17.1. The van der Waals surface area contributed by atoms with E-state index in [4.69, 9.17) is 16.3 Å². The lowest BCUT2D eigenvalue weighted by atomic mass is 10.2. The van der Waals surface area contributed by atoms with Gasteiger partial charge in [0.1, 0.15) is 12.4 Å². The summed E-state index contributed by atoms with van der Waals surface area (Å²) in [6, 6.07) is 18.4. The van der Waals surface area contributed by atoms with Crippen LogP contribution < -0.4 is 4.74 Å². The van der Waals surface area contributed by atoms with Crippen LogP contribution in [0.4, 0.5) is 0 Å². The molecule has 1 saturated carbocycles. The number of benzene rings is 2. The second kappa shape index (κ2) is 7.50. The molecule has 0 N–H and O–H groups in total. The number of rotatable bonds is 7. The number of hydrogen-bond donors (Lipinski definition) is 0. The summed E-state index contributed by atoms with van der Waals surface area (Å²) >= 11 is 7.88. The second-order valence-corrected chi connectivity index (χ2v) is 7.34. The quantitative estimate of drug-likeness (QED) is 0.539. The molecule has 6 heteroatoms. The standard InChI is InChI=1S/C19H18ClN3OS/c20-16-8-4-5-9-17(16)24-12-18-21-22-19(23(18)15-10-11-15)25-13-14-6-2-1-3-7-14/h1-9,15H,10-13H2. The minimum Gasteiger partial charge on any atom is -0.484 e. The molecule has 0 aliphatic heterocycles. The third-order valence-corrected chi connectivity index (χ3v) is 5.38. The Balaban J connectivity index is 1.47. The predicted molar refractivity (Wildman–Crippen MR) is 100 cm³/mol. The number of nitrogens with zero attached hydrogens (tertiary/aromatic N) is 3. The van der Waals surface area contributed by atoms with E-state index in [1.165, 1.54) is 18.4 Å². The van der Waals surface area contributed by atoms with E-state index in [0.29, 0.717) is 23.4 Å². The van der Waals surface area contributed by atoms with Gasteiger partial charge in [-0.05, 0) is 30.5 Å². The molecule has 2 aromatic carbocycles. The van der Waals surface area contributed by atoms with Crippen molar-refractivity contribution in [3.63, 3.8) is 0 Å². The third-order valence-electron chi connectivity index (χ3n) is 4.05. The van der Waals surface area contributed by atoms with Gasteiger partial charge in [-0.15, -0.1) is 10.2 Å². The van der Waals surface area contributed by atoms with Crippen LogP contribution in [0.2, 0.25) is 5.02 Å². The van der Waals surface area contributed by atoms with Crippen LogP contribution in [-0.2, 0) is 12.4 Å². The van der Waals surface area contributed by atoms with E-state index in [9.17, 15) is 0 Å². The number of aromatic nitrogens is 3. The minimum atomic E-state index is 0.374. The Morgan fingerprint density at radius 3 is 2.56 bits per heavy atom. The molecule has 128 valence electrons. The van der Waals surface area contributed by atoms with Crippen LogP contribution >= 0.6 is 23.4 Å². The third kappa shape index (κ3) is 3.99. The van der Waals surface area contributed by atoms with Gasteiger partial charge >= 0.3 is 0 Å². The summed E-state index contributed by atoms with van der Waals surface area (Å²) in [5, 5.41) is 10.3. The molecule has 4 nitrogen and oxygen atoms in total. The zero-order valence-corrected chi connectivity index (χ0v) is 15.2. The number of thioether (sulfide) groups is 1. The van der Waals surface area contributed by atoms with Gasteiger partial charge in [0.05, 0.1) is 5.02 Å². The molecule has 0 bridgehead atoms. The highest BCUT2D eigenvalue weighted by Gasteiger charge is 2.29. The van der Waals surface area contributed by atoms with Crippen LogP contribution in [0.5, 0.6) is 5.75 Å². The molecule has 0 amide bonds. The maximum absolute atomic E-state index is 6.16. The summed E-state index contributed by atoms with van der Waals surface area (Å²) < 4.78 is 8.08. The number of halogens is 1. The fourth-order valence-electron chi connectivity index (χ4n) is 2.63. The van der Waals surface area contributed by atoms with E-state index in [1.54, 1.807) is 11.8 Å². The van der Waals surface area contributed by atoms with E-state index in [1.807, 2.05) is 30.3 Å². The highest BCUT2D eigenvalue weighted by Crippen LogP contribution is 2.39. The molecule has 0 radical (unpaired) electrons. The van der Waals surface area contributed by atoms with E-state index >= 15 is 0 Å². The van der Waals surface area contributed by atoms with Gasteiger partial charge < -0.3 is 4.74 Å². The first kappa shape index (κ1) is 16.5. The molecule has 0 spiro atoms. The van der Waals surface area contributed by atoms with Gasteiger partial charge in [-0.25, -0.2) is 0 Å². The number of hydrogen-bond acceptors (Lipinski definition) is 4. The Morgan fingerprint density at radius 1 is 1.04 bits per heavy atom. The minimum absolute atomic E-state index is 0.374. The second-order valence-electron chi connectivity index (χ2n) is 5.99. The van der Waals surface area contributed by atoms with Gasteiger partial charge in [0.15, 0.2) is 11.0 Å². The maximum atomic E-state index is 6.16. The normalized spacial score (nSPS) is 13.8. The molecule has 0 unspecified atom stereocenters. The number of ether oxygens (including phenoxy) is 1. The summed E-state index contributed by atoms with van der Waals surface area (Å²) in [5.41, 5.74) is 1.28. The van der Waals surface area contributed by atoms with Crippen LogP contribution in [0.15, 0.2) is 59.8 Å². The van der Waals surface area contributed by atoms with Crippen molar-refractivity contribution < 1.29 is 4.74 Å². The topological polar surface area (TPSA) is 39.9 Å². The maximum Gasteiger partial charge on any atom is 0.191 e. The van der Waals surface area contributed by atoms with Crippen LogP contribution in [0, 0.1) is 0 Å². The van der Waals surface area contributed by atoms with Crippen molar-refractivity contribution in [3.05, 3.63) is 71.0 Å². The highest BCUT2D eigenvalue weighted by atomic mass is 35.5. The van der Waals surface area contributed by atoms with Crippen LogP contribution in [0.3, 0.4) is 0 Å². The van der Waals surface area contributed by atoms with Crippen molar-refractivity contribution in [2.24, 2.45) is 0 Å². The van der Waals surface area contributed by atoms with Crippen molar-refractivity contribution in [1.82, 2.24) is 14.8 Å². The fraction of sp³-hybridized carbons (Fsp3) is 0.263. The average molecular weight is 372 g/mol. The van der Waals surface area contributed by atoms with Gasteiger partial charge in [-0.2, -0.15) is 0 Å². The van der Waals surface area contributed by atoms with E-state index < -0.39 is 0 Å². The molecule has 0 saturated heterocycles. The number of para-hydroxylation sites is 1. The Kier molecular flexibility index (Phi) is 4.95. The predicted octanol–water partition coefficient (Wildman–Crippen LogP) is 5.14. The molecule has 1 fully saturated rings. The van der Waals surface area contributed by atoms with Gasteiger partial charge in [0.2, 0.25) is 0 Å².